The van der Waals surface area contributed by atoms with Gasteiger partial charge in [0.25, 0.3) is 0 Å². The van der Waals surface area contributed by atoms with Gasteiger partial charge in [0.2, 0.25) is 5.82 Å². The number of nitrogens with zero attached hydrogens (tertiary/aromatic N) is 2. The van der Waals surface area contributed by atoms with E-state index in [9.17, 15) is 14.9 Å². The van der Waals surface area contributed by atoms with Crippen LogP contribution < -0.4 is 10.6 Å². The Labute approximate surface area is 136 Å². The lowest BCUT2D eigenvalue weighted by Crippen LogP contribution is -2.33. The fourth-order valence-corrected chi connectivity index (χ4v) is 1.82. The first-order chi connectivity index (χ1) is 10.2. The lowest BCUT2D eigenvalue weighted by atomic mass is 10.2. The maximum absolute atomic E-state index is 11.4. The summed E-state index contributed by atoms with van der Waals surface area (Å²) in [6.07, 6.45) is 1.57. The number of alkyl carbamates (subject to hydrolysis) is 1. The number of ether oxygens (including phenoxy) is 1. The number of rotatable bonds is 6. The Kier molecular flexibility index (Phi) is 6.54. The summed E-state index contributed by atoms with van der Waals surface area (Å²) in [4.78, 5) is 25.8. The first-order valence-corrected chi connectivity index (χ1v) is 7.49. The summed E-state index contributed by atoms with van der Waals surface area (Å²) in [5.74, 6) is 0.200. The van der Waals surface area contributed by atoms with Crippen LogP contribution in [0.3, 0.4) is 0 Å². The maximum Gasteiger partial charge on any atom is 0.407 e. The van der Waals surface area contributed by atoms with E-state index >= 15 is 0 Å². The summed E-state index contributed by atoms with van der Waals surface area (Å²) in [6.45, 7) is 6.18. The minimum Gasteiger partial charge on any atom is -0.444 e. The first kappa shape index (κ1) is 18.1. The first-order valence-electron chi connectivity index (χ1n) is 6.70. The molecular weight excluding hydrogens is 356 g/mol. The van der Waals surface area contributed by atoms with E-state index < -0.39 is 16.6 Å². The van der Waals surface area contributed by atoms with E-state index in [1.807, 2.05) is 0 Å². The van der Waals surface area contributed by atoms with Gasteiger partial charge in [-0.25, -0.2) is 9.78 Å². The van der Waals surface area contributed by atoms with Crippen molar-refractivity contribution in [2.24, 2.45) is 0 Å². The van der Waals surface area contributed by atoms with Gasteiger partial charge in [0.05, 0.1) is 4.92 Å². The van der Waals surface area contributed by atoms with E-state index in [0.29, 0.717) is 24.0 Å². The van der Waals surface area contributed by atoms with Crippen molar-refractivity contribution in [3.63, 3.8) is 0 Å². The zero-order valence-corrected chi connectivity index (χ0v) is 14.3. The Morgan fingerprint density at radius 2 is 2.14 bits per heavy atom. The van der Waals surface area contributed by atoms with Gasteiger partial charge in [-0.3, -0.25) is 10.1 Å². The lowest BCUT2D eigenvalue weighted by molar-refractivity contribution is -0.384. The lowest BCUT2D eigenvalue weighted by Gasteiger charge is -2.19. The second kappa shape index (κ2) is 7.92. The predicted octanol–water partition coefficient (Wildman–Crippen LogP) is 3.08. The van der Waals surface area contributed by atoms with Gasteiger partial charge in [-0.15, -0.1) is 0 Å². The van der Waals surface area contributed by atoms with E-state index in [1.165, 1.54) is 12.3 Å². The molecule has 1 aromatic rings. The topological polar surface area (TPSA) is 106 Å². The molecule has 1 rings (SSSR count). The molecule has 122 valence electrons. The quantitative estimate of drug-likeness (QED) is 0.450. The molecule has 8 nitrogen and oxygen atoms in total. The van der Waals surface area contributed by atoms with Crippen molar-refractivity contribution in [2.75, 3.05) is 18.4 Å². The van der Waals surface area contributed by atoms with Crippen molar-refractivity contribution in [1.29, 1.82) is 0 Å². The zero-order valence-electron chi connectivity index (χ0n) is 12.7. The van der Waals surface area contributed by atoms with Crippen LogP contribution in [0.5, 0.6) is 0 Å². The van der Waals surface area contributed by atoms with Crippen LogP contribution in [0.15, 0.2) is 16.7 Å². The molecule has 0 fully saturated rings. The summed E-state index contributed by atoms with van der Waals surface area (Å²) in [5, 5.41) is 16.4. The molecule has 0 aliphatic rings. The third kappa shape index (κ3) is 6.70. The normalized spacial score (nSPS) is 10.9. The molecule has 0 spiro atoms. The minimum atomic E-state index is -0.537. The summed E-state index contributed by atoms with van der Waals surface area (Å²) in [6, 6.07) is 1.38. The van der Waals surface area contributed by atoms with Gasteiger partial charge in [0, 0.05) is 29.8 Å². The molecule has 2 N–H and O–H groups in total. The standard InChI is InChI=1S/C13H19BrN4O4/c1-13(2,3)22-12(19)16-6-4-5-15-11-10(18(20)21)7-9(14)8-17-11/h7-8H,4-6H2,1-3H3,(H,15,17)(H,16,19). The molecule has 0 aliphatic heterocycles. The molecule has 9 heteroatoms. The fourth-order valence-electron chi connectivity index (χ4n) is 1.50. The van der Waals surface area contributed by atoms with Crippen LogP contribution in [-0.2, 0) is 4.74 Å². The van der Waals surface area contributed by atoms with Crippen LogP contribution in [0, 0.1) is 10.1 Å². The number of halogens is 1. The second-order valence-electron chi connectivity index (χ2n) is 5.49. The number of nitrogens with one attached hydrogen (secondary N) is 2. The predicted molar refractivity (Wildman–Crippen MR) is 85.9 cm³/mol. The number of hydrogen-bond acceptors (Lipinski definition) is 6. The van der Waals surface area contributed by atoms with Crippen molar-refractivity contribution < 1.29 is 14.5 Å². The molecule has 0 saturated heterocycles. The summed E-state index contributed by atoms with van der Waals surface area (Å²) in [7, 11) is 0. The Morgan fingerprint density at radius 3 is 2.73 bits per heavy atom. The van der Waals surface area contributed by atoms with Gasteiger partial charge >= 0.3 is 11.8 Å². The molecule has 0 atom stereocenters. The van der Waals surface area contributed by atoms with Crippen LogP contribution in [0.25, 0.3) is 0 Å². The van der Waals surface area contributed by atoms with Crippen LogP contribution in [-0.4, -0.2) is 34.7 Å². The van der Waals surface area contributed by atoms with Gasteiger partial charge in [-0.05, 0) is 43.1 Å². The average Bonchev–Trinajstić information content (AvgIpc) is 2.37. The number of pyridine rings is 1. The number of hydrogen-bond donors (Lipinski definition) is 2. The highest BCUT2D eigenvalue weighted by Gasteiger charge is 2.16. The highest BCUT2D eigenvalue weighted by atomic mass is 79.9. The van der Waals surface area contributed by atoms with Crippen LogP contribution >= 0.6 is 15.9 Å². The van der Waals surface area contributed by atoms with Gasteiger partial charge in [-0.1, -0.05) is 0 Å². The molecule has 22 heavy (non-hydrogen) atoms. The van der Waals surface area contributed by atoms with Crippen LogP contribution in [0.4, 0.5) is 16.3 Å². The Morgan fingerprint density at radius 1 is 1.45 bits per heavy atom. The molecule has 0 unspecified atom stereocenters. The molecule has 1 amide bonds. The van der Waals surface area contributed by atoms with Crippen molar-refractivity contribution in [1.82, 2.24) is 10.3 Å². The van der Waals surface area contributed by atoms with Crippen molar-refractivity contribution in [3.05, 3.63) is 26.9 Å². The highest BCUT2D eigenvalue weighted by molar-refractivity contribution is 9.10. The summed E-state index contributed by atoms with van der Waals surface area (Å²) >= 11 is 3.14. The smallest absolute Gasteiger partial charge is 0.407 e. The number of aromatic nitrogens is 1. The van der Waals surface area contributed by atoms with E-state index in [0.717, 1.165) is 0 Å². The van der Waals surface area contributed by atoms with Crippen molar-refractivity contribution in [2.45, 2.75) is 32.8 Å². The van der Waals surface area contributed by atoms with Gasteiger partial charge in [0.1, 0.15) is 5.60 Å². The number of carbonyl (C=O) groups is 1. The molecule has 1 heterocycles. The number of carbonyl (C=O) groups excluding carboxylic acids is 1. The second-order valence-corrected chi connectivity index (χ2v) is 6.40. The number of amides is 1. The van der Waals surface area contributed by atoms with E-state index in [2.05, 4.69) is 31.5 Å². The highest BCUT2D eigenvalue weighted by Crippen LogP contribution is 2.25. The van der Waals surface area contributed by atoms with Crippen molar-refractivity contribution in [3.8, 4) is 0 Å². The third-order valence-electron chi connectivity index (χ3n) is 2.35. The Hall–Kier alpha value is -1.90. The fraction of sp³-hybridized carbons (Fsp3) is 0.538. The van der Waals surface area contributed by atoms with Crippen molar-refractivity contribution >= 4 is 33.5 Å². The maximum atomic E-state index is 11.4. The van der Waals surface area contributed by atoms with E-state index in [4.69, 9.17) is 4.74 Å². The molecule has 0 radical (unpaired) electrons. The van der Waals surface area contributed by atoms with Crippen LogP contribution in [0.2, 0.25) is 0 Å². The third-order valence-corrected chi connectivity index (χ3v) is 2.78. The van der Waals surface area contributed by atoms with Gasteiger partial charge < -0.3 is 15.4 Å². The zero-order chi connectivity index (χ0) is 16.8. The van der Waals surface area contributed by atoms with Gasteiger partial charge in [-0.2, -0.15) is 0 Å². The van der Waals surface area contributed by atoms with Gasteiger partial charge in [0.15, 0.2) is 0 Å². The molecule has 1 aromatic heterocycles. The van der Waals surface area contributed by atoms with E-state index in [1.54, 1.807) is 20.8 Å². The number of anilines is 1. The molecule has 0 aliphatic carbocycles. The largest absolute Gasteiger partial charge is 0.444 e. The molecule has 0 saturated carbocycles. The summed E-state index contributed by atoms with van der Waals surface area (Å²) < 4.78 is 5.63. The minimum absolute atomic E-state index is 0.102. The monoisotopic (exact) mass is 374 g/mol. The molecule has 0 bridgehead atoms. The Balaban J connectivity index is 2.37. The SMILES string of the molecule is CC(C)(C)OC(=O)NCCCNc1ncc(Br)cc1[N+](=O)[O-]. The van der Waals surface area contributed by atoms with Crippen LogP contribution in [0.1, 0.15) is 27.2 Å². The molecular formula is C13H19BrN4O4. The Bertz CT molecular complexity index is 545. The number of nitro groups is 1. The average molecular weight is 375 g/mol. The molecule has 0 aromatic carbocycles. The summed E-state index contributed by atoms with van der Waals surface area (Å²) in [5.41, 5.74) is -0.640. The van der Waals surface area contributed by atoms with E-state index in [-0.39, 0.29) is 11.5 Å².